The van der Waals surface area contributed by atoms with E-state index in [0.717, 1.165) is 17.9 Å². The number of hydrogen-bond donors (Lipinski definition) is 2. The molecule has 0 aromatic carbocycles. The highest BCUT2D eigenvalue weighted by molar-refractivity contribution is 5.89. The summed E-state index contributed by atoms with van der Waals surface area (Å²) in [5.74, 6) is -0.601. The Morgan fingerprint density at radius 2 is 0.843 bits per heavy atom. The van der Waals surface area contributed by atoms with Crippen molar-refractivity contribution in [2.45, 2.75) is 65.5 Å². The van der Waals surface area contributed by atoms with Gasteiger partial charge in [0.1, 0.15) is 91.3 Å². The minimum Gasteiger partial charge on any atom is -0.462 e. The molecule has 0 aliphatic rings. The molecule has 0 fully saturated rings. The molecule has 5 heterocycles. The van der Waals surface area contributed by atoms with E-state index >= 15 is 0 Å². The molecule has 70 heavy (non-hydrogen) atoms. The van der Waals surface area contributed by atoms with Crippen LogP contribution in [-0.2, 0) is 87.1 Å². The minimum atomic E-state index is -1.60. The number of esters is 5. The highest BCUT2D eigenvalue weighted by atomic mass is 16.6. The molecule has 5 aromatic rings. The summed E-state index contributed by atoms with van der Waals surface area (Å²) < 4.78 is 51.0. The van der Waals surface area contributed by atoms with Gasteiger partial charge in [-0.1, -0.05) is 39.8 Å². The molecule has 5 aromatic heterocycles. The fourth-order valence-electron chi connectivity index (χ4n) is 4.69. The lowest BCUT2D eigenvalue weighted by Gasteiger charge is -2.12. The van der Waals surface area contributed by atoms with Crippen LogP contribution in [0.5, 0.6) is 0 Å². The molecular weight excluding hydrogens is 919 g/mol. The van der Waals surface area contributed by atoms with E-state index in [1.807, 2.05) is 33.0 Å². The molecule has 5 rings (SSSR count). The lowest BCUT2D eigenvalue weighted by atomic mass is 10.1. The number of carbonyl (C=O) groups is 7. The SMILES string of the molecule is C=C(C)C(=O)OCc1ccc(COC(=O)C(=C)C(O)c2ccc(C(O)C(=C)C(=O)OCc3ccc(CC)o3)o2)o1.C=CC(=O)OCc1ccc(COC(=O)C=C)o1.CN(C)C.O=Cc1ccc(C=O)o1. The third-order valence-electron chi connectivity index (χ3n) is 8.18. The van der Waals surface area contributed by atoms with Crippen molar-refractivity contribution < 1.29 is 89.5 Å². The second-order valence-corrected chi connectivity index (χ2v) is 14.5. The van der Waals surface area contributed by atoms with Gasteiger partial charge in [0.15, 0.2) is 24.1 Å². The molecule has 0 aliphatic heterocycles. The lowest BCUT2D eigenvalue weighted by Crippen LogP contribution is -2.14. The largest absolute Gasteiger partial charge is 0.462 e. The molecule has 0 saturated heterocycles. The Labute approximate surface area is 402 Å². The standard InChI is InChI=1S/C29H30O11.C12H12O5.C6H4O3.C3H9N/c1-6-19-7-8-20(38-19)14-36-28(33)17(4)25(30)23-11-12-24(40-23)26(31)18(5)29(34)37-15-22-10-9-21(39-22)13-35-27(32)16(2)3;1-3-11(13)15-7-9-5-6-10(17-9)8-16-12(14)4-2;7-3-5-1-2-6(4-8)9-5;1-4(2)3/h7-12,25-26,30-31H,2,4-6,13-15H2,1,3H3;3-6H,1-2,7-8H2;1-4H;1-3H3. The van der Waals surface area contributed by atoms with Gasteiger partial charge in [-0.25, -0.2) is 24.0 Å². The molecule has 0 bridgehead atoms. The summed E-state index contributed by atoms with van der Waals surface area (Å²) in [4.78, 5) is 79.6. The average Bonchev–Trinajstić information content (AvgIpc) is 4.23. The number of nitrogens with zero attached hydrogens (tertiary/aromatic N) is 1. The van der Waals surface area contributed by atoms with Gasteiger partial charge in [-0.05, 0) is 88.7 Å². The Morgan fingerprint density at radius 1 is 0.529 bits per heavy atom. The predicted molar refractivity (Wildman–Crippen MR) is 246 cm³/mol. The summed E-state index contributed by atoms with van der Waals surface area (Å²) >= 11 is 0. The normalized spacial score (nSPS) is 11.0. The Hall–Kier alpha value is -8.33. The summed E-state index contributed by atoms with van der Waals surface area (Å²) in [6.45, 7) is 20.0. The van der Waals surface area contributed by atoms with Crippen LogP contribution in [0.4, 0.5) is 0 Å². The summed E-state index contributed by atoms with van der Waals surface area (Å²) in [5.41, 5.74) is -0.404. The van der Waals surface area contributed by atoms with E-state index in [2.05, 4.69) is 37.3 Å². The zero-order valence-corrected chi connectivity index (χ0v) is 39.3. The van der Waals surface area contributed by atoms with Crippen LogP contribution in [0.3, 0.4) is 0 Å². The number of aryl methyl sites for hydroxylation is 1. The van der Waals surface area contributed by atoms with Crippen LogP contribution in [-0.4, -0.2) is 78.7 Å². The molecule has 2 N–H and O–H groups in total. The molecule has 0 aliphatic carbocycles. The van der Waals surface area contributed by atoms with Crippen molar-refractivity contribution in [2.24, 2.45) is 0 Å². The number of carbonyl (C=O) groups excluding carboxylic acids is 7. The van der Waals surface area contributed by atoms with Gasteiger partial charge in [0.05, 0.1) is 11.1 Å². The van der Waals surface area contributed by atoms with E-state index in [4.69, 9.17) is 41.4 Å². The van der Waals surface area contributed by atoms with Crippen molar-refractivity contribution in [2.75, 3.05) is 21.1 Å². The first-order valence-electron chi connectivity index (χ1n) is 20.7. The van der Waals surface area contributed by atoms with Crippen molar-refractivity contribution in [1.29, 1.82) is 0 Å². The number of ether oxygens (including phenoxy) is 5. The number of aldehydes is 2. The molecule has 20 nitrogen and oxygen atoms in total. The van der Waals surface area contributed by atoms with E-state index in [0.29, 0.717) is 42.0 Å². The molecular formula is C50H55NO19. The molecule has 0 saturated carbocycles. The molecule has 0 amide bonds. The van der Waals surface area contributed by atoms with Gasteiger partial charge >= 0.3 is 29.8 Å². The summed E-state index contributed by atoms with van der Waals surface area (Å²) in [7, 11) is 6.00. The van der Waals surface area contributed by atoms with Crippen molar-refractivity contribution in [3.05, 3.63) is 180 Å². The van der Waals surface area contributed by atoms with Crippen molar-refractivity contribution >= 4 is 42.4 Å². The van der Waals surface area contributed by atoms with Crippen LogP contribution >= 0.6 is 0 Å². The highest BCUT2D eigenvalue weighted by Crippen LogP contribution is 2.29. The molecule has 2 atom stereocenters. The van der Waals surface area contributed by atoms with Gasteiger partial charge in [-0.2, -0.15) is 0 Å². The zero-order valence-electron chi connectivity index (χ0n) is 39.3. The maximum Gasteiger partial charge on any atom is 0.336 e. The summed E-state index contributed by atoms with van der Waals surface area (Å²) in [5, 5.41) is 21.0. The van der Waals surface area contributed by atoms with Gasteiger partial charge in [-0.3, -0.25) is 9.59 Å². The fourth-order valence-corrected chi connectivity index (χ4v) is 4.69. The Kier molecular flexibility index (Phi) is 24.9. The van der Waals surface area contributed by atoms with Crippen molar-refractivity contribution in [1.82, 2.24) is 4.90 Å². The lowest BCUT2D eigenvalue weighted by molar-refractivity contribution is -0.143. The van der Waals surface area contributed by atoms with Gasteiger partial charge in [-0.15, -0.1) is 0 Å². The molecule has 0 radical (unpaired) electrons. The zero-order chi connectivity index (χ0) is 52.3. The Balaban J connectivity index is 0.000000453. The maximum absolute atomic E-state index is 12.4. The smallest absolute Gasteiger partial charge is 0.336 e. The predicted octanol–water partition coefficient (Wildman–Crippen LogP) is 7.13. The number of furan rings is 5. The van der Waals surface area contributed by atoms with Gasteiger partial charge in [0.25, 0.3) is 0 Å². The molecule has 374 valence electrons. The third-order valence-corrected chi connectivity index (χ3v) is 8.18. The maximum atomic E-state index is 12.4. The number of aliphatic hydroxyl groups is 2. The van der Waals surface area contributed by atoms with E-state index in [9.17, 15) is 43.8 Å². The average molecular weight is 974 g/mol. The minimum absolute atomic E-state index is 0.0141. The Morgan fingerprint density at radius 3 is 1.13 bits per heavy atom. The topological polar surface area (TPSA) is 275 Å². The van der Waals surface area contributed by atoms with Gasteiger partial charge in [0.2, 0.25) is 0 Å². The second-order valence-electron chi connectivity index (χ2n) is 14.5. The van der Waals surface area contributed by atoms with Crippen LogP contribution in [0.1, 0.15) is 93.2 Å². The number of aliphatic hydroxyl groups excluding tert-OH is 2. The van der Waals surface area contributed by atoms with E-state index in [1.165, 1.54) is 37.3 Å². The van der Waals surface area contributed by atoms with E-state index < -0.39 is 42.1 Å². The first kappa shape index (κ1) is 57.8. The van der Waals surface area contributed by atoms with Crippen LogP contribution in [0.15, 0.2) is 145 Å². The first-order valence-corrected chi connectivity index (χ1v) is 20.7. The van der Waals surface area contributed by atoms with Crippen LogP contribution in [0, 0.1) is 0 Å². The van der Waals surface area contributed by atoms with E-state index in [-0.39, 0.29) is 78.6 Å². The molecule has 0 spiro atoms. The van der Waals surface area contributed by atoms with Crippen LogP contribution < -0.4 is 0 Å². The van der Waals surface area contributed by atoms with Crippen LogP contribution in [0.2, 0.25) is 0 Å². The molecule has 2 unspecified atom stereocenters. The quantitative estimate of drug-likeness (QED) is 0.0302. The molecule has 20 heteroatoms. The highest BCUT2D eigenvalue weighted by Gasteiger charge is 2.27. The summed E-state index contributed by atoms with van der Waals surface area (Å²) in [6, 6.07) is 15.3. The second kappa shape index (κ2) is 30.1. The van der Waals surface area contributed by atoms with Crippen molar-refractivity contribution in [3.8, 4) is 0 Å². The Bertz CT molecular complexity index is 2510. The van der Waals surface area contributed by atoms with Gasteiger partial charge < -0.3 is 60.9 Å². The number of hydrogen-bond acceptors (Lipinski definition) is 20. The first-order chi connectivity index (χ1) is 33.2. The third kappa shape index (κ3) is 20.7. The van der Waals surface area contributed by atoms with Crippen LogP contribution in [0.25, 0.3) is 0 Å². The fraction of sp³-hybridized carbons (Fsp3) is 0.260. The van der Waals surface area contributed by atoms with Crippen molar-refractivity contribution in [3.63, 3.8) is 0 Å². The summed E-state index contributed by atoms with van der Waals surface area (Å²) in [6.07, 6.45) is 0.747. The van der Waals surface area contributed by atoms with E-state index in [1.54, 1.807) is 30.3 Å². The van der Waals surface area contributed by atoms with Gasteiger partial charge in [0, 0.05) is 24.1 Å². The monoisotopic (exact) mass is 973 g/mol. The number of rotatable bonds is 22.